The number of thioether (sulfide) groups is 1. The lowest BCUT2D eigenvalue weighted by atomic mass is 9.83. The fraction of sp³-hybridized carbons (Fsp3) is 0.600. The van der Waals surface area contributed by atoms with E-state index >= 15 is 0 Å². The monoisotopic (exact) mass is 308 g/mol. The quantitative estimate of drug-likeness (QED) is 0.823. The second-order valence-corrected chi connectivity index (χ2v) is 6.81. The predicted molar refractivity (Wildman–Crippen MR) is 82.7 cm³/mol. The normalized spacial score (nSPS) is 35.1. The summed E-state index contributed by atoms with van der Waals surface area (Å²) in [4.78, 5) is 5.80. The molecule has 0 amide bonds. The molecule has 1 aromatic carbocycles. The number of piperidine rings is 1. The molecule has 0 aliphatic carbocycles. The van der Waals surface area contributed by atoms with Gasteiger partial charge >= 0.3 is 0 Å². The lowest BCUT2D eigenvalue weighted by molar-refractivity contribution is -0.200. The van der Waals surface area contributed by atoms with Crippen LogP contribution in [0.2, 0.25) is 0 Å². The van der Waals surface area contributed by atoms with Crippen LogP contribution in [0.25, 0.3) is 0 Å². The number of nitrogens with zero attached hydrogens (tertiary/aromatic N) is 1. The number of hydroxylamine groups is 2. The average molecular weight is 308 g/mol. The number of fused-ring (bicyclic) bond motifs is 5. The van der Waals surface area contributed by atoms with Gasteiger partial charge in [0.25, 0.3) is 0 Å². The first kappa shape index (κ1) is 13.7. The molecule has 21 heavy (non-hydrogen) atoms. The highest BCUT2D eigenvalue weighted by Crippen LogP contribution is 2.45. The minimum Gasteiger partial charge on any atom is -0.497 e. The van der Waals surface area contributed by atoms with Crippen molar-refractivity contribution in [3.05, 3.63) is 23.8 Å². The number of methoxy groups -OCH3 is 1. The van der Waals surface area contributed by atoms with Gasteiger partial charge in [0.2, 0.25) is 0 Å². The van der Waals surface area contributed by atoms with E-state index < -0.39 is 0 Å². The van der Waals surface area contributed by atoms with E-state index in [0.29, 0.717) is 11.9 Å². The minimum absolute atomic E-state index is 0.0112. The van der Waals surface area contributed by atoms with Gasteiger partial charge in [-0.25, -0.2) is 0 Å². The molecule has 2 N–H and O–H groups in total. The number of benzene rings is 1. The van der Waals surface area contributed by atoms with Gasteiger partial charge in [0.15, 0.2) is 0 Å². The molecule has 0 bridgehead atoms. The highest BCUT2D eigenvalue weighted by Gasteiger charge is 2.47. The molecule has 0 aromatic heterocycles. The van der Waals surface area contributed by atoms with Crippen molar-refractivity contribution in [2.24, 2.45) is 0 Å². The summed E-state index contributed by atoms with van der Waals surface area (Å²) >= 11 is 1.65. The fourth-order valence-corrected chi connectivity index (χ4v) is 4.53. The van der Waals surface area contributed by atoms with Crippen LogP contribution in [0.15, 0.2) is 18.2 Å². The third-order valence-electron chi connectivity index (χ3n) is 4.76. The second kappa shape index (κ2) is 5.35. The van der Waals surface area contributed by atoms with Gasteiger partial charge in [0, 0.05) is 23.9 Å². The number of nitrogens with one attached hydrogen (secondary N) is 1. The van der Waals surface area contributed by atoms with Gasteiger partial charge in [-0.05, 0) is 30.2 Å². The maximum atomic E-state index is 10.5. The van der Waals surface area contributed by atoms with E-state index in [4.69, 9.17) is 9.57 Å². The molecule has 1 aromatic rings. The molecule has 2 saturated heterocycles. The summed E-state index contributed by atoms with van der Waals surface area (Å²) < 4.78 is 5.35. The van der Waals surface area contributed by atoms with Gasteiger partial charge in [0.05, 0.1) is 25.3 Å². The van der Waals surface area contributed by atoms with Gasteiger partial charge in [-0.2, -0.15) is 5.06 Å². The van der Waals surface area contributed by atoms with Crippen molar-refractivity contribution >= 4 is 17.4 Å². The number of hydrogen-bond acceptors (Lipinski definition) is 6. The largest absolute Gasteiger partial charge is 0.497 e. The molecule has 114 valence electrons. The topological polar surface area (TPSA) is 54.0 Å². The van der Waals surface area contributed by atoms with E-state index in [0.717, 1.165) is 30.2 Å². The third-order valence-corrected chi connectivity index (χ3v) is 5.61. The molecule has 3 aliphatic rings. The zero-order chi connectivity index (χ0) is 14.4. The Morgan fingerprint density at radius 2 is 2.38 bits per heavy atom. The number of hydrogen-bond donors (Lipinski definition) is 2. The van der Waals surface area contributed by atoms with Crippen LogP contribution in [0.1, 0.15) is 17.9 Å². The van der Waals surface area contributed by atoms with Gasteiger partial charge < -0.3 is 15.2 Å². The smallest absolute Gasteiger partial charge is 0.119 e. The van der Waals surface area contributed by atoms with Crippen molar-refractivity contribution in [3.63, 3.8) is 0 Å². The zero-order valence-corrected chi connectivity index (χ0v) is 12.8. The Labute approximate surface area is 128 Å². The lowest BCUT2D eigenvalue weighted by Crippen LogP contribution is -2.57. The van der Waals surface area contributed by atoms with Crippen LogP contribution < -0.4 is 10.1 Å². The molecule has 3 aliphatic heterocycles. The van der Waals surface area contributed by atoms with E-state index in [9.17, 15) is 5.11 Å². The first-order valence-electron chi connectivity index (χ1n) is 7.38. The molecule has 2 fully saturated rings. The van der Waals surface area contributed by atoms with Crippen LogP contribution in [0.4, 0.5) is 5.69 Å². The van der Waals surface area contributed by atoms with Crippen molar-refractivity contribution in [3.8, 4) is 5.75 Å². The molecule has 5 nitrogen and oxygen atoms in total. The molecule has 0 radical (unpaired) electrons. The van der Waals surface area contributed by atoms with Gasteiger partial charge in [-0.3, -0.25) is 4.84 Å². The van der Waals surface area contributed by atoms with Crippen LogP contribution in [-0.2, 0) is 4.84 Å². The van der Waals surface area contributed by atoms with E-state index in [1.165, 1.54) is 5.56 Å². The van der Waals surface area contributed by atoms with E-state index in [-0.39, 0.29) is 18.2 Å². The van der Waals surface area contributed by atoms with Crippen LogP contribution in [-0.4, -0.2) is 53.7 Å². The molecular formula is C15H20N2O3S. The summed E-state index contributed by atoms with van der Waals surface area (Å²) in [5, 5.41) is 16.1. The summed E-state index contributed by atoms with van der Waals surface area (Å²) in [6.45, 7) is 0.863. The Hall–Kier alpha value is -0.950. The summed E-state index contributed by atoms with van der Waals surface area (Å²) in [6, 6.07) is 6.40. The Morgan fingerprint density at radius 1 is 1.48 bits per heavy atom. The summed E-state index contributed by atoms with van der Waals surface area (Å²) in [7, 11) is 1.70. The molecular weight excluding hydrogens is 288 g/mol. The summed E-state index contributed by atoms with van der Waals surface area (Å²) in [5.41, 5.74) is 2.47. The minimum atomic E-state index is -0.367. The van der Waals surface area contributed by atoms with E-state index in [1.54, 1.807) is 18.9 Å². The molecule has 4 rings (SSSR count). The number of aliphatic hydroxyl groups excluding tert-OH is 1. The standard InChI is InChI=1S/C15H20N2O3S/c1-19-9-2-3-12-11(6-9)10-4-5-17-15(14(10)16-12)13(18)7-21-8-20-17/h2-3,6,10,13-16,18H,4-5,7-8H2,1H3/t10?,13-,14?,15-/m1/s1. The van der Waals surface area contributed by atoms with Crippen LogP contribution in [0, 0.1) is 0 Å². The maximum absolute atomic E-state index is 10.5. The fourth-order valence-electron chi connectivity index (χ4n) is 3.79. The molecule has 4 atom stereocenters. The number of rotatable bonds is 1. The SMILES string of the molecule is COc1ccc2c(c1)C1CCN3OCSC[C@@H](O)[C@@H]3C1N2. The molecule has 0 saturated carbocycles. The van der Waals surface area contributed by atoms with Gasteiger partial charge in [0.1, 0.15) is 11.7 Å². The Morgan fingerprint density at radius 3 is 3.24 bits per heavy atom. The van der Waals surface area contributed by atoms with Crippen molar-refractivity contribution in [2.75, 3.05) is 30.7 Å². The Kier molecular flexibility index (Phi) is 3.49. The highest BCUT2D eigenvalue weighted by molar-refractivity contribution is 7.99. The number of ether oxygens (including phenoxy) is 1. The number of aliphatic hydroxyl groups is 1. The molecule has 0 spiro atoms. The van der Waals surface area contributed by atoms with Crippen molar-refractivity contribution in [1.82, 2.24) is 5.06 Å². The average Bonchev–Trinajstić information content (AvgIpc) is 2.77. The Balaban J connectivity index is 1.67. The number of anilines is 1. The molecule has 2 unspecified atom stereocenters. The Bertz CT molecular complexity index is 542. The van der Waals surface area contributed by atoms with Crippen LogP contribution in [0.5, 0.6) is 5.75 Å². The van der Waals surface area contributed by atoms with E-state index in [2.05, 4.69) is 17.4 Å². The van der Waals surface area contributed by atoms with Crippen LogP contribution in [0.3, 0.4) is 0 Å². The maximum Gasteiger partial charge on any atom is 0.119 e. The van der Waals surface area contributed by atoms with Crippen molar-refractivity contribution in [2.45, 2.75) is 30.5 Å². The van der Waals surface area contributed by atoms with Crippen molar-refractivity contribution in [1.29, 1.82) is 0 Å². The van der Waals surface area contributed by atoms with Crippen molar-refractivity contribution < 1.29 is 14.7 Å². The second-order valence-electron chi connectivity index (χ2n) is 5.83. The first-order valence-corrected chi connectivity index (χ1v) is 8.53. The molecule has 3 heterocycles. The van der Waals surface area contributed by atoms with Gasteiger partial charge in [-0.1, -0.05) is 0 Å². The zero-order valence-electron chi connectivity index (χ0n) is 12.0. The van der Waals surface area contributed by atoms with E-state index in [1.807, 2.05) is 11.1 Å². The third kappa shape index (κ3) is 2.21. The summed E-state index contributed by atoms with van der Waals surface area (Å²) in [5.74, 6) is 2.67. The predicted octanol–water partition coefficient (Wildman–Crippen LogP) is 1.64. The van der Waals surface area contributed by atoms with Gasteiger partial charge in [-0.15, -0.1) is 11.8 Å². The first-order chi connectivity index (χ1) is 10.3. The lowest BCUT2D eigenvalue weighted by Gasteiger charge is -2.42. The summed E-state index contributed by atoms with van der Waals surface area (Å²) in [6.07, 6.45) is 0.667. The van der Waals surface area contributed by atoms with Crippen LogP contribution >= 0.6 is 11.8 Å². The molecule has 6 heteroatoms. The highest BCUT2D eigenvalue weighted by atomic mass is 32.2.